The summed E-state index contributed by atoms with van der Waals surface area (Å²) in [6, 6.07) is 2.47. The van der Waals surface area contributed by atoms with Gasteiger partial charge in [-0.3, -0.25) is 0 Å². The normalized spacial score (nSPS) is 16.6. The Balaban J connectivity index is 2.12. The highest BCUT2D eigenvalue weighted by atomic mass is 16.5. The van der Waals surface area contributed by atoms with Gasteiger partial charge < -0.3 is 10.1 Å². The van der Waals surface area contributed by atoms with Crippen molar-refractivity contribution in [1.29, 1.82) is 0 Å². The SMILES string of the molecule is CCOc1cc(NC2CCCCC2)nc(C(C)C)n1. The monoisotopic (exact) mass is 263 g/mol. The maximum absolute atomic E-state index is 5.54. The fourth-order valence-electron chi connectivity index (χ4n) is 2.45. The van der Waals surface area contributed by atoms with Crippen molar-refractivity contribution >= 4 is 5.82 Å². The second-order valence-electron chi connectivity index (χ2n) is 5.52. The van der Waals surface area contributed by atoms with Crippen LogP contribution < -0.4 is 10.1 Å². The summed E-state index contributed by atoms with van der Waals surface area (Å²) >= 11 is 0. The van der Waals surface area contributed by atoms with Crippen LogP contribution in [0.15, 0.2) is 6.07 Å². The molecule has 0 aliphatic heterocycles. The average Bonchev–Trinajstić information content (AvgIpc) is 2.40. The lowest BCUT2D eigenvalue weighted by atomic mass is 9.95. The van der Waals surface area contributed by atoms with E-state index in [0.717, 1.165) is 11.6 Å². The molecule has 0 radical (unpaired) electrons. The van der Waals surface area contributed by atoms with E-state index in [4.69, 9.17) is 4.74 Å². The molecule has 1 aliphatic carbocycles. The van der Waals surface area contributed by atoms with Crippen molar-refractivity contribution in [3.8, 4) is 5.88 Å². The first-order chi connectivity index (χ1) is 9.19. The molecule has 1 aromatic rings. The summed E-state index contributed by atoms with van der Waals surface area (Å²) in [4.78, 5) is 9.05. The van der Waals surface area contributed by atoms with Crippen LogP contribution in [0.25, 0.3) is 0 Å². The zero-order valence-corrected chi connectivity index (χ0v) is 12.3. The standard InChI is InChI=1S/C15H25N3O/c1-4-19-14-10-13(17-15(18-14)11(2)3)16-12-8-6-5-7-9-12/h10-12H,4-9H2,1-3H3,(H,16,17,18). The molecule has 0 atom stereocenters. The molecule has 4 heteroatoms. The van der Waals surface area contributed by atoms with Gasteiger partial charge in [0.15, 0.2) is 0 Å². The highest BCUT2D eigenvalue weighted by Crippen LogP contribution is 2.23. The number of nitrogens with one attached hydrogen (secondary N) is 1. The number of aromatic nitrogens is 2. The summed E-state index contributed by atoms with van der Waals surface area (Å²) in [5.74, 6) is 2.75. The van der Waals surface area contributed by atoms with Crippen LogP contribution in [-0.4, -0.2) is 22.6 Å². The molecule has 1 heterocycles. The first-order valence-electron chi connectivity index (χ1n) is 7.47. The summed E-state index contributed by atoms with van der Waals surface area (Å²) in [6.07, 6.45) is 6.48. The largest absolute Gasteiger partial charge is 0.478 e. The quantitative estimate of drug-likeness (QED) is 0.879. The van der Waals surface area contributed by atoms with E-state index < -0.39 is 0 Å². The zero-order valence-electron chi connectivity index (χ0n) is 12.3. The second-order valence-corrected chi connectivity index (χ2v) is 5.52. The molecule has 2 rings (SSSR count). The molecule has 0 amide bonds. The summed E-state index contributed by atoms with van der Waals surface area (Å²) < 4.78 is 5.54. The van der Waals surface area contributed by atoms with E-state index in [0.29, 0.717) is 24.4 Å². The first kappa shape index (κ1) is 14.1. The van der Waals surface area contributed by atoms with Crippen LogP contribution in [0.5, 0.6) is 5.88 Å². The predicted octanol–water partition coefficient (Wildman–Crippen LogP) is 3.74. The maximum atomic E-state index is 5.54. The zero-order chi connectivity index (χ0) is 13.7. The van der Waals surface area contributed by atoms with Crippen molar-refractivity contribution in [1.82, 2.24) is 9.97 Å². The van der Waals surface area contributed by atoms with Crippen LogP contribution in [0.2, 0.25) is 0 Å². The van der Waals surface area contributed by atoms with Gasteiger partial charge in [-0.15, -0.1) is 0 Å². The highest BCUT2D eigenvalue weighted by Gasteiger charge is 2.15. The molecule has 19 heavy (non-hydrogen) atoms. The summed E-state index contributed by atoms with van der Waals surface area (Å²) in [6.45, 7) is 6.83. The van der Waals surface area contributed by atoms with Crippen LogP contribution in [0.3, 0.4) is 0 Å². The summed E-state index contributed by atoms with van der Waals surface area (Å²) in [5.41, 5.74) is 0. The molecule has 4 nitrogen and oxygen atoms in total. The topological polar surface area (TPSA) is 47.0 Å². The molecular formula is C15H25N3O. The third kappa shape index (κ3) is 4.08. The fourth-order valence-corrected chi connectivity index (χ4v) is 2.45. The molecule has 1 aromatic heterocycles. The Labute approximate surface area is 116 Å². The molecular weight excluding hydrogens is 238 g/mol. The van der Waals surface area contributed by atoms with Crippen molar-refractivity contribution in [2.75, 3.05) is 11.9 Å². The van der Waals surface area contributed by atoms with Gasteiger partial charge >= 0.3 is 0 Å². The Bertz CT molecular complexity index is 400. The molecule has 1 aliphatic rings. The molecule has 0 aromatic carbocycles. The van der Waals surface area contributed by atoms with E-state index in [-0.39, 0.29) is 0 Å². The Hall–Kier alpha value is -1.32. The second kappa shape index (κ2) is 6.73. The molecule has 106 valence electrons. The van der Waals surface area contributed by atoms with E-state index in [1.54, 1.807) is 0 Å². The minimum Gasteiger partial charge on any atom is -0.478 e. The van der Waals surface area contributed by atoms with Crippen LogP contribution in [0.4, 0.5) is 5.82 Å². The van der Waals surface area contributed by atoms with Crippen molar-refractivity contribution < 1.29 is 4.74 Å². The molecule has 1 N–H and O–H groups in total. The van der Waals surface area contributed by atoms with Gasteiger partial charge in [0.05, 0.1) is 6.61 Å². The van der Waals surface area contributed by atoms with Crippen LogP contribution in [-0.2, 0) is 0 Å². The first-order valence-corrected chi connectivity index (χ1v) is 7.47. The maximum Gasteiger partial charge on any atom is 0.218 e. The van der Waals surface area contributed by atoms with Gasteiger partial charge in [0, 0.05) is 18.0 Å². The Kier molecular flexibility index (Phi) is 5.00. The van der Waals surface area contributed by atoms with Crippen molar-refractivity contribution in [3.63, 3.8) is 0 Å². The van der Waals surface area contributed by atoms with E-state index in [1.807, 2.05) is 13.0 Å². The van der Waals surface area contributed by atoms with E-state index in [2.05, 4.69) is 29.1 Å². The number of hydrogen-bond acceptors (Lipinski definition) is 4. The number of nitrogens with zero attached hydrogens (tertiary/aromatic N) is 2. The van der Waals surface area contributed by atoms with Gasteiger partial charge in [0.25, 0.3) is 0 Å². The summed E-state index contributed by atoms with van der Waals surface area (Å²) in [5, 5.41) is 3.54. The third-order valence-corrected chi connectivity index (χ3v) is 3.49. The smallest absolute Gasteiger partial charge is 0.218 e. The molecule has 0 unspecified atom stereocenters. The minimum absolute atomic E-state index is 0.312. The van der Waals surface area contributed by atoms with E-state index >= 15 is 0 Å². The van der Waals surface area contributed by atoms with Crippen molar-refractivity contribution in [2.45, 2.75) is 64.8 Å². The Morgan fingerprint density at radius 2 is 2.00 bits per heavy atom. The lowest BCUT2D eigenvalue weighted by Crippen LogP contribution is -2.23. The lowest BCUT2D eigenvalue weighted by molar-refractivity contribution is 0.324. The Morgan fingerprint density at radius 1 is 1.26 bits per heavy atom. The fraction of sp³-hybridized carbons (Fsp3) is 0.733. The van der Waals surface area contributed by atoms with E-state index in [1.165, 1.54) is 32.1 Å². The number of rotatable bonds is 5. The van der Waals surface area contributed by atoms with Gasteiger partial charge in [0.2, 0.25) is 5.88 Å². The highest BCUT2D eigenvalue weighted by molar-refractivity contribution is 5.40. The van der Waals surface area contributed by atoms with Gasteiger partial charge in [-0.2, -0.15) is 4.98 Å². The third-order valence-electron chi connectivity index (χ3n) is 3.49. The molecule has 0 saturated heterocycles. The van der Waals surface area contributed by atoms with Gasteiger partial charge in [-0.1, -0.05) is 33.1 Å². The lowest BCUT2D eigenvalue weighted by Gasteiger charge is -2.23. The van der Waals surface area contributed by atoms with E-state index in [9.17, 15) is 0 Å². The molecule has 1 fully saturated rings. The molecule has 0 spiro atoms. The van der Waals surface area contributed by atoms with Crippen LogP contribution in [0, 0.1) is 0 Å². The average molecular weight is 263 g/mol. The number of anilines is 1. The van der Waals surface area contributed by atoms with Gasteiger partial charge in [-0.05, 0) is 19.8 Å². The Morgan fingerprint density at radius 3 is 2.63 bits per heavy atom. The predicted molar refractivity (Wildman–Crippen MR) is 77.8 cm³/mol. The molecule has 0 bridgehead atoms. The van der Waals surface area contributed by atoms with Crippen molar-refractivity contribution in [2.24, 2.45) is 0 Å². The van der Waals surface area contributed by atoms with Gasteiger partial charge in [0.1, 0.15) is 11.6 Å². The van der Waals surface area contributed by atoms with Crippen LogP contribution >= 0.6 is 0 Å². The summed E-state index contributed by atoms with van der Waals surface area (Å²) in [7, 11) is 0. The van der Waals surface area contributed by atoms with Gasteiger partial charge in [-0.25, -0.2) is 4.98 Å². The molecule has 1 saturated carbocycles. The minimum atomic E-state index is 0.312. The number of ether oxygens (including phenoxy) is 1. The van der Waals surface area contributed by atoms with Crippen molar-refractivity contribution in [3.05, 3.63) is 11.9 Å². The van der Waals surface area contributed by atoms with Crippen LogP contribution in [0.1, 0.15) is 64.6 Å². The number of hydrogen-bond donors (Lipinski definition) is 1.